The Morgan fingerprint density at radius 1 is 1.07 bits per heavy atom. The Labute approximate surface area is 165 Å². The van der Waals surface area contributed by atoms with Gasteiger partial charge in [0.15, 0.2) is 0 Å². The largest absolute Gasteiger partial charge is 0.365 e. The van der Waals surface area contributed by atoms with Gasteiger partial charge in [0.2, 0.25) is 0 Å². The van der Waals surface area contributed by atoms with Gasteiger partial charge < -0.3 is 14.6 Å². The number of likely N-dealkylation sites (tertiary alicyclic amines) is 1. The van der Waals surface area contributed by atoms with Crippen LogP contribution >= 0.6 is 0 Å². The van der Waals surface area contributed by atoms with Crippen LogP contribution in [0.1, 0.15) is 42.4 Å². The van der Waals surface area contributed by atoms with Crippen LogP contribution < -0.4 is 0 Å². The number of rotatable bonds is 5. The van der Waals surface area contributed by atoms with E-state index in [9.17, 15) is 4.39 Å². The second-order valence-electron chi connectivity index (χ2n) is 8.24. The van der Waals surface area contributed by atoms with E-state index in [1.54, 1.807) is 6.07 Å². The number of fused-ring (bicyclic) bond motifs is 3. The van der Waals surface area contributed by atoms with Crippen LogP contribution in [0.15, 0.2) is 48.7 Å². The molecule has 3 nitrogen and oxygen atoms in total. The van der Waals surface area contributed by atoms with Crippen molar-refractivity contribution in [3.63, 3.8) is 0 Å². The molecule has 28 heavy (non-hydrogen) atoms. The zero-order valence-electron chi connectivity index (χ0n) is 16.2. The fourth-order valence-electron chi connectivity index (χ4n) is 4.94. The molecular formula is C24H27FN2O. The van der Waals surface area contributed by atoms with Crippen molar-refractivity contribution in [1.82, 2.24) is 9.88 Å². The van der Waals surface area contributed by atoms with E-state index in [2.05, 4.69) is 34.1 Å². The number of hydrogen-bond donors (Lipinski definition) is 1. The molecule has 2 aliphatic rings. The molecule has 4 heteroatoms. The first kappa shape index (κ1) is 17.9. The quantitative estimate of drug-likeness (QED) is 0.622. The number of benzene rings is 2. The van der Waals surface area contributed by atoms with Crippen LogP contribution in [0.25, 0.3) is 10.9 Å². The SMILES string of the molecule is Fc1ccc2[nH]cc(CCCCN3CCC4(CC3)OCc3ccccc34)c2c1. The summed E-state index contributed by atoms with van der Waals surface area (Å²) < 4.78 is 19.8. The zero-order valence-corrected chi connectivity index (χ0v) is 16.2. The summed E-state index contributed by atoms with van der Waals surface area (Å²) >= 11 is 0. The average Bonchev–Trinajstić information content (AvgIpc) is 3.29. The lowest BCUT2D eigenvalue weighted by Gasteiger charge is -2.39. The zero-order chi connectivity index (χ0) is 19.0. The number of nitrogens with one attached hydrogen (secondary N) is 1. The van der Waals surface area contributed by atoms with E-state index >= 15 is 0 Å². The fraction of sp³-hybridized carbons (Fsp3) is 0.417. The Hall–Kier alpha value is -2.17. The van der Waals surface area contributed by atoms with Crippen LogP contribution in [0.3, 0.4) is 0 Å². The molecule has 3 heterocycles. The Morgan fingerprint density at radius 3 is 2.82 bits per heavy atom. The lowest BCUT2D eigenvalue weighted by atomic mass is 9.84. The van der Waals surface area contributed by atoms with Crippen LogP contribution in [0.4, 0.5) is 4.39 Å². The van der Waals surface area contributed by atoms with E-state index in [4.69, 9.17) is 4.74 Å². The summed E-state index contributed by atoms with van der Waals surface area (Å²) in [5.74, 6) is -0.161. The minimum absolute atomic E-state index is 0.0405. The minimum Gasteiger partial charge on any atom is -0.365 e. The molecule has 0 saturated carbocycles. The topological polar surface area (TPSA) is 28.3 Å². The monoisotopic (exact) mass is 378 g/mol. The van der Waals surface area contributed by atoms with Gasteiger partial charge in [0.25, 0.3) is 0 Å². The number of aromatic nitrogens is 1. The Bertz CT molecular complexity index is 972. The number of halogens is 1. The Kier molecular flexibility index (Phi) is 4.69. The second-order valence-corrected chi connectivity index (χ2v) is 8.24. The maximum Gasteiger partial charge on any atom is 0.123 e. The van der Waals surface area contributed by atoms with Gasteiger partial charge in [0.1, 0.15) is 5.82 Å². The third kappa shape index (κ3) is 3.25. The highest BCUT2D eigenvalue weighted by Gasteiger charge is 2.42. The van der Waals surface area contributed by atoms with Crippen molar-refractivity contribution < 1.29 is 9.13 Å². The van der Waals surface area contributed by atoms with Crippen molar-refractivity contribution in [2.24, 2.45) is 0 Å². The summed E-state index contributed by atoms with van der Waals surface area (Å²) in [5.41, 5.74) is 4.99. The number of H-pyrrole nitrogens is 1. The molecule has 3 aromatic rings. The standard InChI is InChI=1S/C24H27FN2O/c25-20-8-9-23-21(15-20)18(16-26-23)5-3-4-12-27-13-10-24(11-14-27)22-7-2-1-6-19(22)17-28-24/h1-2,6-9,15-16,26H,3-5,10-14,17H2. The fourth-order valence-corrected chi connectivity index (χ4v) is 4.94. The molecule has 0 bridgehead atoms. The molecule has 2 aromatic carbocycles. The number of nitrogens with zero attached hydrogens (tertiary/aromatic N) is 1. The summed E-state index contributed by atoms with van der Waals surface area (Å²) in [6.45, 7) is 4.11. The van der Waals surface area contributed by atoms with Crippen molar-refractivity contribution in [1.29, 1.82) is 0 Å². The van der Waals surface area contributed by atoms with E-state index in [1.807, 2.05) is 12.3 Å². The van der Waals surface area contributed by atoms with Gasteiger partial charge in [-0.05, 0) is 73.5 Å². The normalized spacial score (nSPS) is 18.8. The summed E-state index contributed by atoms with van der Waals surface area (Å²) in [5, 5.41) is 1.02. The lowest BCUT2D eigenvalue weighted by molar-refractivity contribution is -0.0788. The molecule has 146 valence electrons. The van der Waals surface area contributed by atoms with Crippen molar-refractivity contribution in [3.8, 4) is 0 Å². The predicted molar refractivity (Wildman–Crippen MR) is 110 cm³/mol. The van der Waals surface area contributed by atoms with Crippen molar-refractivity contribution in [3.05, 3.63) is 71.2 Å². The molecule has 0 aliphatic carbocycles. The third-order valence-electron chi connectivity index (χ3n) is 6.58. The average molecular weight is 378 g/mol. The van der Waals surface area contributed by atoms with E-state index in [0.29, 0.717) is 0 Å². The lowest BCUT2D eigenvalue weighted by Crippen LogP contribution is -2.42. The minimum atomic E-state index is -0.161. The molecule has 1 fully saturated rings. The number of aryl methyl sites for hydroxylation is 1. The van der Waals surface area contributed by atoms with Gasteiger partial charge in [0, 0.05) is 30.2 Å². The van der Waals surface area contributed by atoms with Gasteiger partial charge in [-0.25, -0.2) is 4.39 Å². The van der Waals surface area contributed by atoms with Gasteiger partial charge >= 0.3 is 0 Å². The summed E-state index contributed by atoms with van der Waals surface area (Å²) in [6.07, 6.45) is 7.51. The molecule has 1 spiro atoms. The molecule has 1 N–H and O–H groups in total. The highest BCUT2D eigenvalue weighted by atomic mass is 19.1. The number of hydrogen-bond acceptors (Lipinski definition) is 2. The summed E-state index contributed by atoms with van der Waals surface area (Å²) in [4.78, 5) is 5.82. The molecule has 0 unspecified atom stereocenters. The number of ether oxygens (including phenoxy) is 1. The first-order chi connectivity index (χ1) is 13.7. The molecular weight excluding hydrogens is 351 g/mol. The summed E-state index contributed by atoms with van der Waals surface area (Å²) in [7, 11) is 0. The van der Waals surface area contributed by atoms with Gasteiger partial charge in [-0.3, -0.25) is 0 Å². The van der Waals surface area contributed by atoms with Gasteiger partial charge in [0.05, 0.1) is 12.2 Å². The van der Waals surface area contributed by atoms with E-state index in [1.165, 1.54) is 29.2 Å². The highest BCUT2D eigenvalue weighted by Crippen LogP contribution is 2.43. The predicted octanol–water partition coefficient (Wildman–Crippen LogP) is 5.15. The molecule has 1 aromatic heterocycles. The van der Waals surface area contributed by atoms with Crippen molar-refractivity contribution >= 4 is 10.9 Å². The smallest absolute Gasteiger partial charge is 0.123 e. The first-order valence-corrected chi connectivity index (χ1v) is 10.4. The van der Waals surface area contributed by atoms with Gasteiger partial charge in [-0.2, -0.15) is 0 Å². The van der Waals surface area contributed by atoms with Crippen LogP contribution in [-0.4, -0.2) is 29.5 Å². The number of piperidine rings is 1. The van der Waals surface area contributed by atoms with E-state index < -0.39 is 0 Å². The second kappa shape index (κ2) is 7.34. The van der Waals surface area contributed by atoms with Crippen molar-refractivity contribution in [2.75, 3.05) is 19.6 Å². The maximum atomic E-state index is 13.5. The molecule has 2 aliphatic heterocycles. The van der Waals surface area contributed by atoms with Crippen LogP contribution in [0, 0.1) is 5.82 Å². The maximum absolute atomic E-state index is 13.5. The molecule has 1 saturated heterocycles. The third-order valence-corrected chi connectivity index (χ3v) is 6.58. The van der Waals surface area contributed by atoms with Gasteiger partial charge in [-0.1, -0.05) is 24.3 Å². The van der Waals surface area contributed by atoms with Gasteiger partial charge in [-0.15, -0.1) is 0 Å². The van der Waals surface area contributed by atoms with Crippen LogP contribution in [0.2, 0.25) is 0 Å². The molecule has 0 radical (unpaired) electrons. The van der Waals surface area contributed by atoms with Crippen molar-refractivity contribution in [2.45, 2.75) is 44.3 Å². The van der Waals surface area contributed by atoms with Crippen LogP contribution in [0.5, 0.6) is 0 Å². The Morgan fingerprint density at radius 2 is 1.93 bits per heavy atom. The number of unbranched alkanes of at least 4 members (excludes halogenated alkanes) is 1. The van der Waals surface area contributed by atoms with Crippen LogP contribution in [-0.2, 0) is 23.4 Å². The first-order valence-electron chi connectivity index (χ1n) is 10.4. The number of aromatic amines is 1. The van der Waals surface area contributed by atoms with E-state index in [0.717, 1.165) is 62.8 Å². The molecule has 0 amide bonds. The molecule has 0 atom stereocenters. The Balaban J connectivity index is 1.12. The highest BCUT2D eigenvalue weighted by molar-refractivity contribution is 5.83. The van der Waals surface area contributed by atoms with E-state index in [-0.39, 0.29) is 11.4 Å². The molecule has 5 rings (SSSR count). The summed E-state index contributed by atoms with van der Waals surface area (Å²) in [6, 6.07) is 13.7.